The van der Waals surface area contributed by atoms with Crippen molar-refractivity contribution in [3.05, 3.63) is 35.9 Å². The maximum absolute atomic E-state index is 12.0. The summed E-state index contributed by atoms with van der Waals surface area (Å²) >= 11 is 0. The number of benzene rings is 1. The Kier molecular flexibility index (Phi) is 6.06. The minimum absolute atomic E-state index is 0.229. The van der Waals surface area contributed by atoms with Gasteiger partial charge in [-0.05, 0) is 24.3 Å². The first-order valence-electron chi connectivity index (χ1n) is 7.73. The Hall–Kier alpha value is -1.35. The van der Waals surface area contributed by atoms with Gasteiger partial charge >= 0.3 is 5.97 Å². The van der Waals surface area contributed by atoms with Crippen molar-refractivity contribution in [2.24, 2.45) is 11.7 Å². The van der Waals surface area contributed by atoms with E-state index in [0.717, 1.165) is 19.3 Å². The molecule has 2 rings (SSSR count). The average Bonchev–Trinajstić information content (AvgIpc) is 2.76. The molecule has 0 aromatic heterocycles. The lowest BCUT2D eigenvalue weighted by Crippen LogP contribution is -2.39. The van der Waals surface area contributed by atoms with Crippen molar-refractivity contribution in [2.75, 3.05) is 6.61 Å². The normalized spacial score (nSPS) is 18.2. The molecule has 0 spiro atoms. The molecule has 110 valence electrons. The molecule has 1 fully saturated rings. The standard InChI is InChI=1S/C17H25NO2/c18-16(15-10-6-1-2-7-11-15)17(19)20-13-12-14-8-4-3-5-9-14/h3-5,8-9,15-16H,1-2,6-7,10-13,18H2. The number of hydrogen-bond acceptors (Lipinski definition) is 3. The first-order valence-corrected chi connectivity index (χ1v) is 7.73. The Bertz CT molecular complexity index is 397. The number of carbonyl (C=O) groups excluding carboxylic acids is 1. The Morgan fingerprint density at radius 2 is 1.80 bits per heavy atom. The predicted octanol–water partition coefficient (Wildman–Crippen LogP) is 3.07. The van der Waals surface area contributed by atoms with Gasteiger partial charge in [-0.1, -0.05) is 56.0 Å². The van der Waals surface area contributed by atoms with Gasteiger partial charge in [0.2, 0.25) is 0 Å². The molecule has 3 heteroatoms. The van der Waals surface area contributed by atoms with Gasteiger partial charge in [0.25, 0.3) is 0 Å². The summed E-state index contributed by atoms with van der Waals surface area (Å²) in [4.78, 5) is 12.0. The van der Waals surface area contributed by atoms with Crippen molar-refractivity contribution in [1.29, 1.82) is 0 Å². The van der Waals surface area contributed by atoms with Gasteiger partial charge in [-0.3, -0.25) is 4.79 Å². The zero-order valence-electron chi connectivity index (χ0n) is 12.1. The Morgan fingerprint density at radius 1 is 1.15 bits per heavy atom. The van der Waals surface area contributed by atoms with Crippen LogP contribution in [-0.4, -0.2) is 18.6 Å². The van der Waals surface area contributed by atoms with Crippen LogP contribution in [0.4, 0.5) is 0 Å². The number of rotatable bonds is 5. The SMILES string of the molecule is NC(C(=O)OCCc1ccccc1)C1CCCCCC1. The summed E-state index contributed by atoms with van der Waals surface area (Å²) in [6.45, 7) is 0.420. The molecule has 0 heterocycles. The van der Waals surface area contributed by atoms with E-state index in [2.05, 4.69) is 0 Å². The van der Waals surface area contributed by atoms with Crippen LogP contribution in [0.2, 0.25) is 0 Å². The third-order valence-electron chi connectivity index (χ3n) is 4.16. The molecule has 20 heavy (non-hydrogen) atoms. The topological polar surface area (TPSA) is 52.3 Å². The van der Waals surface area contributed by atoms with Crippen molar-refractivity contribution >= 4 is 5.97 Å². The van der Waals surface area contributed by atoms with Crippen molar-refractivity contribution in [1.82, 2.24) is 0 Å². The molecule has 1 atom stereocenters. The molecule has 0 bridgehead atoms. The van der Waals surface area contributed by atoms with Gasteiger partial charge in [0.1, 0.15) is 6.04 Å². The van der Waals surface area contributed by atoms with Crippen LogP contribution in [0.1, 0.15) is 44.1 Å². The minimum Gasteiger partial charge on any atom is -0.464 e. The highest BCUT2D eigenvalue weighted by Gasteiger charge is 2.26. The first kappa shape index (κ1) is 15.0. The van der Waals surface area contributed by atoms with E-state index >= 15 is 0 Å². The van der Waals surface area contributed by atoms with Crippen molar-refractivity contribution < 1.29 is 9.53 Å². The van der Waals surface area contributed by atoms with Crippen LogP contribution in [0, 0.1) is 5.92 Å². The summed E-state index contributed by atoms with van der Waals surface area (Å²) in [5, 5.41) is 0. The smallest absolute Gasteiger partial charge is 0.323 e. The third-order valence-corrected chi connectivity index (χ3v) is 4.16. The molecule has 0 saturated heterocycles. The number of carbonyl (C=O) groups is 1. The lowest BCUT2D eigenvalue weighted by Gasteiger charge is -2.20. The zero-order chi connectivity index (χ0) is 14.2. The molecule has 1 unspecified atom stereocenters. The van der Waals surface area contributed by atoms with Crippen molar-refractivity contribution in [2.45, 2.75) is 51.0 Å². The maximum atomic E-state index is 12.0. The molecule has 1 aliphatic rings. The Morgan fingerprint density at radius 3 is 2.45 bits per heavy atom. The number of nitrogens with two attached hydrogens (primary N) is 1. The molecule has 1 saturated carbocycles. The summed E-state index contributed by atoms with van der Waals surface area (Å²) in [7, 11) is 0. The largest absolute Gasteiger partial charge is 0.464 e. The quantitative estimate of drug-likeness (QED) is 0.663. The number of ether oxygens (including phenoxy) is 1. The minimum atomic E-state index is -0.441. The molecule has 2 N–H and O–H groups in total. The average molecular weight is 275 g/mol. The highest BCUT2D eigenvalue weighted by Crippen LogP contribution is 2.25. The lowest BCUT2D eigenvalue weighted by atomic mass is 9.92. The second kappa shape index (κ2) is 8.05. The lowest BCUT2D eigenvalue weighted by molar-refractivity contribution is -0.146. The predicted molar refractivity (Wildman–Crippen MR) is 80.3 cm³/mol. The highest BCUT2D eigenvalue weighted by molar-refractivity contribution is 5.75. The van der Waals surface area contributed by atoms with Crippen LogP contribution >= 0.6 is 0 Å². The van der Waals surface area contributed by atoms with Crippen LogP contribution in [0.25, 0.3) is 0 Å². The highest BCUT2D eigenvalue weighted by atomic mass is 16.5. The van der Waals surface area contributed by atoms with Crippen LogP contribution in [0.5, 0.6) is 0 Å². The molecule has 0 amide bonds. The third kappa shape index (κ3) is 4.64. The van der Waals surface area contributed by atoms with E-state index in [1.807, 2.05) is 30.3 Å². The number of esters is 1. The molecule has 3 nitrogen and oxygen atoms in total. The van der Waals surface area contributed by atoms with E-state index in [4.69, 9.17) is 10.5 Å². The maximum Gasteiger partial charge on any atom is 0.323 e. The Labute approximate surface area is 121 Å². The Balaban J connectivity index is 1.73. The molecule has 1 aromatic rings. The number of hydrogen-bond donors (Lipinski definition) is 1. The molecule has 0 radical (unpaired) electrons. The first-order chi connectivity index (χ1) is 9.77. The van der Waals surface area contributed by atoms with Gasteiger partial charge in [-0.2, -0.15) is 0 Å². The van der Waals surface area contributed by atoms with Crippen molar-refractivity contribution in [3.63, 3.8) is 0 Å². The molecule has 0 aliphatic heterocycles. The molecular formula is C17H25NO2. The second-order valence-corrected chi connectivity index (χ2v) is 5.68. The van der Waals surface area contributed by atoms with Crippen LogP contribution < -0.4 is 5.73 Å². The van der Waals surface area contributed by atoms with E-state index in [9.17, 15) is 4.79 Å². The van der Waals surface area contributed by atoms with Gasteiger partial charge in [0.15, 0.2) is 0 Å². The molecule has 1 aromatic carbocycles. The fourth-order valence-electron chi connectivity index (χ4n) is 2.87. The zero-order valence-corrected chi connectivity index (χ0v) is 12.1. The fraction of sp³-hybridized carbons (Fsp3) is 0.588. The summed E-state index contributed by atoms with van der Waals surface area (Å²) < 4.78 is 5.34. The summed E-state index contributed by atoms with van der Waals surface area (Å²) in [6, 6.07) is 9.61. The van der Waals surface area contributed by atoms with Gasteiger partial charge in [0, 0.05) is 6.42 Å². The van der Waals surface area contributed by atoms with Crippen LogP contribution in [0.15, 0.2) is 30.3 Å². The van der Waals surface area contributed by atoms with Gasteiger partial charge in [0.05, 0.1) is 6.61 Å². The summed E-state index contributed by atoms with van der Waals surface area (Å²) in [5.41, 5.74) is 7.25. The monoisotopic (exact) mass is 275 g/mol. The molecule has 1 aliphatic carbocycles. The van der Waals surface area contributed by atoms with Gasteiger partial charge in [-0.25, -0.2) is 0 Å². The van der Waals surface area contributed by atoms with Gasteiger partial charge in [-0.15, -0.1) is 0 Å². The van der Waals surface area contributed by atoms with E-state index in [1.54, 1.807) is 0 Å². The van der Waals surface area contributed by atoms with Gasteiger partial charge < -0.3 is 10.5 Å². The van der Waals surface area contributed by atoms with Crippen LogP contribution in [0.3, 0.4) is 0 Å². The van der Waals surface area contributed by atoms with E-state index in [-0.39, 0.29) is 5.97 Å². The van der Waals surface area contributed by atoms with E-state index in [0.29, 0.717) is 12.5 Å². The van der Waals surface area contributed by atoms with E-state index < -0.39 is 6.04 Å². The summed E-state index contributed by atoms with van der Waals surface area (Å²) in [6.07, 6.45) is 7.80. The van der Waals surface area contributed by atoms with Crippen LogP contribution in [-0.2, 0) is 16.0 Å². The molecular weight excluding hydrogens is 250 g/mol. The fourth-order valence-corrected chi connectivity index (χ4v) is 2.87. The second-order valence-electron chi connectivity index (χ2n) is 5.68. The van der Waals surface area contributed by atoms with Crippen molar-refractivity contribution in [3.8, 4) is 0 Å². The van der Waals surface area contributed by atoms with E-state index in [1.165, 1.54) is 31.2 Å². The summed E-state index contributed by atoms with van der Waals surface area (Å²) in [5.74, 6) is 0.0783.